The topological polar surface area (TPSA) is 70.3 Å². The second-order valence-electron chi connectivity index (χ2n) is 5.03. The summed E-state index contributed by atoms with van der Waals surface area (Å²) in [6, 6.07) is 12.4. The molecule has 2 aromatic rings. The fourth-order valence-electron chi connectivity index (χ4n) is 2.58. The van der Waals surface area contributed by atoms with E-state index in [1.807, 2.05) is 19.2 Å². The molecule has 6 nitrogen and oxygen atoms in total. The Bertz CT molecular complexity index is 592. The lowest BCUT2D eigenvalue weighted by Gasteiger charge is -2.36. The van der Waals surface area contributed by atoms with Gasteiger partial charge in [-0.3, -0.25) is 0 Å². The number of anilines is 4. The zero-order chi connectivity index (χ0) is 14.7. The first-order chi connectivity index (χ1) is 10.3. The van der Waals surface area contributed by atoms with Crippen molar-refractivity contribution in [3.63, 3.8) is 0 Å². The van der Waals surface area contributed by atoms with Gasteiger partial charge in [-0.05, 0) is 12.1 Å². The minimum atomic E-state index is 0.308. The van der Waals surface area contributed by atoms with Crippen LogP contribution < -0.4 is 20.9 Å². The molecule has 3 rings (SSSR count). The van der Waals surface area contributed by atoms with E-state index in [2.05, 4.69) is 49.4 Å². The van der Waals surface area contributed by atoms with Gasteiger partial charge in [-0.2, -0.15) is 9.97 Å². The molecule has 0 radical (unpaired) electrons. The van der Waals surface area contributed by atoms with Gasteiger partial charge in [-0.15, -0.1) is 0 Å². The highest BCUT2D eigenvalue weighted by molar-refractivity contribution is 5.54. The molecule has 0 amide bonds. The molecule has 2 heterocycles. The highest BCUT2D eigenvalue weighted by atomic mass is 15.3. The SMILES string of the molecule is CNc1cc(N2CCN(c3ccccc3)CC2)nc(N)n1. The van der Waals surface area contributed by atoms with Crippen LogP contribution in [0.1, 0.15) is 0 Å². The number of aromatic nitrogens is 2. The number of hydrogen-bond donors (Lipinski definition) is 2. The first kappa shape index (κ1) is 13.5. The van der Waals surface area contributed by atoms with Gasteiger partial charge in [0.15, 0.2) is 0 Å². The maximum atomic E-state index is 5.76. The number of hydrogen-bond acceptors (Lipinski definition) is 6. The highest BCUT2D eigenvalue weighted by Gasteiger charge is 2.19. The fourth-order valence-corrected chi connectivity index (χ4v) is 2.58. The second kappa shape index (κ2) is 5.87. The molecule has 1 saturated heterocycles. The molecule has 21 heavy (non-hydrogen) atoms. The molecule has 6 heteroatoms. The minimum absolute atomic E-state index is 0.308. The van der Waals surface area contributed by atoms with Gasteiger partial charge in [0.05, 0.1) is 0 Å². The minimum Gasteiger partial charge on any atom is -0.373 e. The Morgan fingerprint density at radius 1 is 1.00 bits per heavy atom. The zero-order valence-corrected chi connectivity index (χ0v) is 12.2. The Morgan fingerprint density at radius 3 is 2.33 bits per heavy atom. The lowest BCUT2D eigenvalue weighted by Crippen LogP contribution is -2.46. The van der Waals surface area contributed by atoms with Gasteiger partial charge in [0, 0.05) is 45.0 Å². The molecule has 0 aliphatic carbocycles. The normalized spacial score (nSPS) is 15.1. The monoisotopic (exact) mass is 284 g/mol. The first-order valence-corrected chi connectivity index (χ1v) is 7.13. The van der Waals surface area contributed by atoms with Crippen LogP contribution in [0.15, 0.2) is 36.4 Å². The maximum absolute atomic E-state index is 5.76. The van der Waals surface area contributed by atoms with Crippen molar-refractivity contribution in [1.29, 1.82) is 0 Å². The van der Waals surface area contributed by atoms with Gasteiger partial charge in [-0.1, -0.05) is 18.2 Å². The van der Waals surface area contributed by atoms with E-state index < -0.39 is 0 Å². The average molecular weight is 284 g/mol. The molecule has 0 bridgehead atoms. The number of para-hydroxylation sites is 1. The molecule has 1 fully saturated rings. The standard InChI is InChI=1S/C15H20N6/c1-17-13-11-14(19-15(16)18-13)21-9-7-20(8-10-21)12-5-3-2-4-6-12/h2-6,11H,7-10H2,1H3,(H3,16,17,18,19). The van der Waals surface area contributed by atoms with E-state index in [1.165, 1.54) is 5.69 Å². The number of rotatable bonds is 3. The van der Waals surface area contributed by atoms with Crippen molar-refractivity contribution in [1.82, 2.24) is 9.97 Å². The third-order valence-corrected chi connectivity index (χ3v) is 3.71. The summed E-state index contributed by atoms with van der Waals surface area (Å²) in [5.74, 6) is 1.95. The van der Waals surface area contributed by atoms with Gasteiger partial charge in [-0.25, -0.2) is 0 Å². The Morgan fingerprint density at radius 2 is 1.67 bits per heavy atom. The Balaban J connectivity index is 1.70. The lowest BCUT2D eigenvalue weighted by atomic mass is 10.2. The third kappa shape index (κ3) is 2.99. The summed E-state index contributed by atoms with van der Waals surface area (Å²) in [5.41, 5.74) is 7.03. The molecule has 3 N–H and O–H groups in total. The van der Waals surface area contributed by atoms with Crippen LogP contribution in [0.5, 0.6) is 0 Å². The third-order valence-electron chi connectivity index (χ3n) is 3.71. The predicted octanol–water partition coefficient (Wildman–Crippen LogP) is 1.43. The van der Waals surface area contributed by atoms with Crippen LogP contribution in [0.2, 0.25) is 0 Å². The smallest absolute Gasteiger partial charge is 0.223 e. The first-order valence-electron chi connectivity index (χ1n) is 7.13. The van der Waals surface area contributed by atoms with Crippen molar-refractivity contribution in [2.75, 3.05) is 54.1 Å². The molecule has 0 atom stereocenters. The van der Waals surface area contributed by atoms with Gasteiger partial charge in [0.25, 0.3) is 0 Å². The van der Waals surface area contributed by atoms with Crippen molar-refractivity contribution in [3.05, 3.63) is 36.4 Å². The molecule has 0 unspecified atom stereocenters. The van der Waals surface area contributed by atoms with Crippen LogP contribution in [0.4, 0.5) is 23.3 Å². The maximum Gasteiger partial charge on any atom is 0.223 e. The lowest BCUT2D eigenvalue weighted by molar-refractivity contribution is 0.647. The quantitative estimate of drug-likeness (QED) is 0.888. The van der Waals surface area contributed by atoms with Crippen molar-refractivity contribution in [2.45, 2.75) is 0 Å². The van der Waals surface area contributed by atoms with Crippen LogP contribution in [0, 0.1) is 0 Å². The molecule has 1 aromatic heterocycles. The van der Waals surface area contributed by atoms with Crippen LogP contribution >= 0.6 is 0 Å². The molecular weight excluding hydrogens is 264 g/mol. The van der Waals surface area contributed by atoms with Crippen LogP contribution in [-0.2, 0) is 0 Å². The number of benzene rings is 1. The van der Waals surface area contributed by atoms with E-state index in [0.29, 0.717) is 5.95 Å². The fraction of sp³-hybridized carbons (Fsp3) is 0.333. The number of nitrogens with zero attached hydrogens (tertiary/aromatic N) is 4. The Kier molecular flexibility index (Phi) is 3.77. The van der Waals surface area contributed by atoms with E-state index in [0.717, 1.165) is 37.8 Å². The van der Waals surface area contributed by atoms with Gasteiger partial charge in [0.1, 0.15) is 11.6 Å². The summed E-state index contributed by atoms with van der Waals surface area (Å²) >= 11 is 0. The summed E-state index contributed by atoms with van der Waals surface area (Å²) in [6.07, 6.45) is 0. The van der Waals surface area contributed by atoms with E-state index in [9.17, 15) is 0 Å². The van der Waals surface area contributed by atoms with Crippen molar-refractivity contribution in [3.8, 4) is 0 Å². The zero-order valence-electron chi connectivity index (χ0n) is 12.2. The van der Waals surface area contributed by atoms with E-state index in [4.69, 9.17) is 5.73 Å². The molecule has 0 saturated carbocycles. The molecule has 110 valence electrons. The molecule has 1 aromatic carbocycles. The van der Waals surface area contributed by atoms with Gasteiger partial charge in [0.2, 0.25) is 5.95 Å². The van der Waals surface area contributed by atoms with Crippen molar-refractivity contribution in [2.24, 2.45) is 0 Å². The molecule has 1 aliphatic heterocycles. The summed E-state index contributed by atoms with van der Waals surface area (Å²) in [5, 5.41) is 3.01. The summed E-state index contributed by atoms with van der Waals surface area (Å²) in [4.78, 5) is 13.1. The number of nitrogens with two attached hydrogens (primary N) is 1. The van der Waals surface area contributed by atoms with Gasteiger partial charge < -0.3 is 20.9 Å². The van der Waals surface area contributed by atoms with Crippen molar-refractivity contribution < 1.29 is 0 Å². The van der Waals surface area contributed by atoms with Crippen LogP contribution in [0.25, 0.3) is 0 Å². The number of nitrogens with one attached hydrogen (secondary N) is 1. The second-order valence-corrected chi connectivity index (χ2v) is 5.03. The summed E-state index contributed by atoms with van der Waals surface area (Å²) < 4.78 is 0. The summed E-state index contributed by atoms with van der Waals surface area (Å²) in [7, 11) is 1.83. The van der Waals surface area contributed by atoms with Crippen LogP contribution in [-0.4, -0.2) is 43.2 Å². The number of nitrogen functional groups attached to an aromatic ring is 1. The molecule has 1 aliphatic rings. The summed E-state index contributed by atoms with van der Waals surface area (Å²) in [6.45, 7) is 3.80. The van der Waals surface area contributed by atoms with E-state index in [1.54, 1.807) is 0 Å². The van der Waals surface area contributed by atoms with E-state index in [-0.39, 0.29) is 0 Å². The van der Waals surface area contributed by atoms with Crippen molar-refractivity contribution >= 4 is 23.3 Å². The predicted molar refractivity (Wildman–Crippen MR) is 86.9 cm³/mol. The van der Waals surface area contributed by atoms with Crippen LogP contribution in [0.3, 0.4) is 0 Å². The highest BCUT2D eigenvalue weighted by Crippen LogP contribution is 2.21. The van der Waals surface area contributed by atoms with E-state index >= 15 is 0 Å². The molecule has 0 spiro atoms. The van der Waals surface area contributed by atoms with Gasteiger partial charge >= 0.3 is 0 Å². The molecular formula is C15H20N6. The Labute approximate surface area is 124 Å². The average Bonchev–Trinajstić information content (AvgIpc) is 2.55. The number of piperazine rings is 1. The Hall–Kier alpha value is -2.50. The largest absolute Gasteiger partial charge is 0.373 e.